The Morgan fingerprint density at radius 1 is 1.29 bits per heavy atom. The Balaban J connectivity index is 2.69. The third-order valence-corrected chi connectivity index (χ3v) is 3.11. The van der Waals surface area contributed by atoms with E-state index in [-0.39, 0.29) is 5.78 Å². The summed E-state index contributed by atoms with van der Waals surface area (Å²) < 4.78 is 37.4. The van der Waals surface area contributed by atoms with Crippen LogP contribution in [-0.2, 0) is 4.79 Å². The van der Waals surface area contributed by atoms with Gasteiger partial charge in [-0.15, -0.1) is 0 Å². The maximum absolute atomic E-state index is 12.5. The van der Waals surface area contributed by atoms with Crippen molar-refractivity contribution in [3.05, 3.63) is 0 Å². The first-order valence-corrected chi connectivity index (χ1v) is 6.27. The summed E-state index contributed by atoms with van der Waals surface area (Å²) in [5, 5.41) is 0. The zero-order valence-electron chi connectivity index (χ0n) is 10.2. The van der Waals surface area contributed by atoms with Crippen LogP contribution in [0.15, 0.2) is 0 Å². The van der Waals surface area contributed by atoms with Gasteiger partial charge in [-0.2, -0.15) is 13.2 Å². The Bertz CT molecular complexity index is 253. The van der Waals surface area contributed by atoms with Crippen LogP contribution in [0.4, 0.5) is 13.2 Å². The minimum Gasteiger partial charge on any atom is -0.298 e. The predicted octanol–water partition coefficient (Wildman–Crippen LogP) is 3.16. The standard InChI is InChI=1S/C12H20F3NO/c1-2-8-16(9-12(13,14)15)10-6-4-3-5-7-11(10)17/h10H,2-9H2,1H3. The predicted molar refractivity (Wildman–Crippen MR) is 59.8 cm³/mol. The highest BCUT2D eigenvalue weighted by Crippen LogP contribution is 2.24. The summed E-state index contributed by atoms with van der Waals surface area (Å²) in [7, 11) is 0. The van der Waals surface area contributed by atoms with Crippen LogP contribution in [0, 0.1) is 0 Å². The van der Waals surface area contributed by atoms with Crippen LogP contribution in [0.25, 0.3) is 0 Å². The molecular weight excluding hydrogens is 231 g/mol. The lowest BCUT2D eigenvalue weighted by molar-refractivity contribution is -0.154. The zero-order valence-corrected chi connectivity index (χ0v) is 10.2. The van der Waals surface area contributed by atoms with Gasteiger partial charge in [0.25, 0.3) is 0 Å². The molecule has 0 aliphatic heterocycles. The van der Waals surface area contributed by atoms with Crippen LogP contribution in [0.3, 0.4) is 0 Å². The summed E-state index contributed by atoms with van der Waals surface area (Å²) in [5.74, 6) is -0.0137. The van der Waals surface area contributed by atoms with Gasteiger partial charge in [0.2, 0.25) is 0 Å². The van der Waals surface area contributed by atoms with Gasteiger partial charge in [0.15, 0.2) is 0 Å². The van der Waals surface area contributed by atoms with Gasteiger partial charge in [-0.1, -0.05) is 19.8 Å². The van der Waals surface area contributed by atoms with E-state index in [2.05, 4.69) is 0 Å². The molecule has 1 saturated carbocycles. The number of Topliss-reactive ketones (excluding diaryl/α,β-unsaturated/α-hetero) is 1. The second-order valence-corrected chi connectivity index (χ2v) is 4.67. The summed E-state index contributed by atoms with van der Waals surface area (Å²) in [6, 6.07) is -0.515. The summed E-state index contributed by atoms with van der Waals surface area (Å²) in [6.45, 7) is 1.22. The van der Waals surface area contributed by atoms with E-state index in [1.54, 1.807) is 0 Å². The normalized spacial score (nSPS) is 22.9. The summed E-state index contributed by atoms with van der Waals surface area (Å²) >= 11 is 0. The average Bonchev–Trinajstić information content (AvgIpc) is 2.40. The van der Waals surface area contributed by atoms with E-state index in [9.17, 15) is 18.0 Å². The van der Waals surface area contributed by atoms with Crippen LogP contribution in [0.2, 0.25) is 0 Å². The molecule has 0 aromatic carbocycles. The van der Waals surface area contributed by atoms with Crippen molar-refractivity contribution < 1.29 is 18.0 Å². The molecule has 0 heterocycles. The highest BCUT2D eigenvalue weighted by molar-refractivity contribution is 5.84. The Hall–Kier alpha value is -0.580. The second kappa shape index (κ2) is 6.38. The molecule has 0 bridgehead atoms. The van der Waals surface area contributed by atoms with Crippen LogP contribution in [0.1, 0.15) is 45.4 Å². The number of rotatable bonds is 4. The molecule has 1 aliphatic carbocycles. The van der Waals surface area contributed by atoms with Crippen LogP contribution in [-0.4, -0.2) is 36.0 Å². The molecule has 100 valence electrons. The fourth-order valence-electron chi connectivity index (χ4n) is 2.39. The Morgan fingerprint density at radius 2 is 2.00 bits per heavy atom. The zero-order chi connectivity index (χ0) is 12.9. The number of carbonyl (C=O) groups is 1. The van der Waals surface area contributed by atoms with Crippen molar-refractivity contribution in [3.63, 3.8) is 0 Å². The SMILES string of the molecule is CCCN(CC(F)(F)F)C1CCCCCC1=O. The van der Waals surface area contributed by atoms with Crippen LogP contribution < -0.4 is 0 Å². The van der Waals surface area contributed by atoms with Gasteiger partial charge in [-0.3, -0.25) is 9.69 Å². The van der Waals surface area contributed by atoms with Crippen molar-refractivity contribution >= 4 is 5.78 Å². The molecule has 0 N–H and O–H groups in total. The summed E-state index contributed by atoms with van der Waals surface area (Å²) in [6.07, 6.45) is 0.0588. The monoisotopic (exact) mass is 251 g/mol. The van der Waals surface area contributed by atoms with Crippen molar-refractivity contribution in [2.45, 2.75) is 57.7 Å². The van der Waals surface area contributed by atoms with Gasteiger partial charge in [0, 0.05) is 6.42 Å². The van der Waals surface area contributed by atoms with Gasteiger partial charge in [-0.05, 0) is 25.8 Å². The molecule has 0 saturated heterocycles. The third-order valence-electron chi connectivity index (χ3n) is 3.11. The molecule has 1 unspecified atom stereocenters. The first-order chi connectivity index (χ1) is 7.94. The second-order valence-electron chi connectivity index (χ2n) is 4.67. The first kappa shape index (κ1) is 14.5. The molecule has 1 atom stereocenters. The Labute approximate surface area is 100 Å². The fraction of sp³-hybridized carbons (Fsp3) is 0.917. The van der Waals surface area contributed by atoms with E-state index in [1.165, 1.54) is 4.90 Å². The lowest BCUT2D eigenvalue weighted by Gasteiger charge is -2.30. The van der Waals surface area contributed by atoms with Crippen molar-refractivity contribution in [3.8, 4) is 0 Å². The number of halogens is 3. The van der Waals surface area contributed by atoms with Gasteiger partial charge >= 0.3 is 6.18 Å². The highest BCUT2D eigenvalue weighted by atomic mass is 19.4. The molecule has 1 fully saturated rings. The molecule has 0 aromatic rings. The number of carbonyl (C=O) groups excluding carboxylic acids is 1. The number of hydrogen-bond donors (Lipinski definition) is 0. The highest BCUT2D eigenvalue weighted by Gasteiger charge is 2.36. The maximum Gasteiger partial charge on any atom is 0.401 e. The van der Waals surface area contributed by atoms with Gasteiger partial charge in [0.05, 0.1) is 12.6 Å². The van der Waals surface area contributed by atoms with Crippen LogP contribution in [0.5, 0.6) is 0 Å². The van der Waals surface area contributed by atoms with Crippen molar-refractivity contribution in [1.29, 1.82) is 0 Å². The number of hydrogen-bond acceptors (Lipinski definition) is 2. The molecular formula is C12H20F3NO. The van der Waals surface area contributed by atoms with Crippen molar-refractivity contribution in [2.24, 2.45) is 0 Å². The topological polar surface area (TPSA) is 20.3 Å². The van der Waals surface area contributed by atoms with E-state index in [0.29, 0.717) is 25.8 Å². The number of nitrogens with zero attached hydrogens (tertiary/aromatic N) is 1. The molecule has 0 radical (unpaired) electrons. The average molecular weight is 251 g/mol. The number of ketones is 1. The number of alkyl halides is 3. The first-order valence-electron chi connectivity index (χ1n) is 6.27. The quantitative estimate of drug-likeness (QED) is 0.715. The molecule has 0 amide bonds. The summed E-state index contributed by atoms with van der Waals surface area (Å²) in [4.78, 5) is 13.1. The maximum atomic E-state index is 12.5. The lowest BCUT2D eigenvalue weighted by Crippen LogP contribution is -2.45. The van der Waals surface area contributed by atoms with Crippen LogP contribution >= 0.6 is 0 Å². The smallest absolute Gasteiger partial charge is 0.298 e. The molecule has 0 aromatic heterocycles. The fourth-order valence-corrected chi connectivity index (χ4v) is 2.39. The molecule has 17 heavy (non-hydrogen) atoms. The largest absolute Gasteiger partial charge is 0.401 e. The van der Waals surface area contributed by atoms with E-state index in [4.69, 9.17) is 0 Å². The van der Waals surface area contributed by atoms with E-state index >= 15 is 0 Å². The Kier molecular flexibility index (Phi) is 5.43. The summed E-state index contributed by atoms with van der Waals surface area (Å²) in [5.41, 5.74) is 0. The van der Waals surface area contributed by atoms with Crippen molar-refractivity contribution in [2.75, 3.05) is 13.1 Å². The molecule has 2 nitrogen and oxygen atoms in total. The minimum absolute atomic E-state index is 0.0137. The Morgan fingerprint density at radius 3 is 2.59 bits per heavy atom. The molecule has 1 aliphatic rings. The van der Waals surface area contributed by atoms with E-state index in [0.717, 1.165) is 19.3 Å². The van der Waals surface area contributed by atoms with Gasteiger partial charge in [0.1, 0.15) is 5.78 Å². The van der Waals surface area contributed by atoms with E-state index < -0.39 is 18.8 Å². The third kappa shape index (κ3) is 5.06. The lowest BCUT2D eigenvalue weighted by atomic mass is 10.1. The van der Waals surface area contributed by atoms with Crippen molar-refractivity contribution in [1.82, 2.24) is 4.90 Å². The molecule has 5 heteroatoms. The molecule has 1 rings (SSSR count). The van der Waals surface area contributed by atoms with E-state index in [1.807, 2.05) is 6.92 Å². The minimum atomic E-state index is -4.22. The van der Waals surface area contributed by atoms with Gasteiger partial charge < -0.3 is 0 Å². The van der Waals surface area contributed by atoms with Gasteiger partial charge in [-0.25, -0.2) is 0 Å². The molecule has 0 spiro atoms.